The van der Waals surface area contributed by atoms with Gasteiger partial charge in [0.1, 0.15) is 0 Å². The second kappa shape index (κ2) is 8.43. The van der Waals surface area contributed by atoms with E-state index in [1.807, 2.05) is 0 Å². The van der Waals surface area contributed by atoms with Gasteiger partial charge in [-0.2, -0.15) is 0 Å². The van der Waals surface area contributed by atoms with E-state index in [0.717, 1.165) is 26.2 Å². The van der Waals surface area contributed by atoms with E-state index in [0.29, 0.717) is 18.1 Å². The van der Waals surface area contributed by atoms with Gasteiger partial charge in [0.25, 0.3) is 0 Å². The van der Waals surface area contributed by atoms with E-state index in [1.165, 1.54) is 31.2 Å². The van der Waals surface area contributed by atoms with Crippen LogP contribution in [-0.4, -0.2) is 61.9 Å². The molecular weight excluding hydrogens is 298 g/mol. The molecule has 1 saturated heterocycles. The van der Waals surface area contributed by atoms with E-state index in [1.54, 1.807) is 0 Å². The Morgan fingerprint density at radius 2 is 1.79 bits per heavy atom. The molecule has 1 aromatic carbocycles. The molecule has 4 nitrogen and oxygen atoms in total. The molecule has 1 aliphatic carbocycles. The molecule has 0 spiro atoms. The first-order valence-corrected chi connectivity index (χ1v) is 9.44. The van der Waals surface area contributed by atoms with Crippen LogP contribution in [0.25, 0.3) is 0 Å². The van der Waals surface area contributed by atoms with Gasteiger partial charge in [0, 0.05) is 18.6 Å². The van der Waals surface area contributed by atoms with Gasteiger partial charge >= 0.3 is 0 Å². The lowest BCUT2D eigenvalue weighted by atomic mass is 9.83. The molecule has 0 bridgehead atoms. The Kier molecular flexibility index (Phi) is 6.28. The summed E-state index contributed by atoms with van der Waals surface area (Å²) in [4.78, 5) is 4.69. The van der Waals surface area contributed by atoms with Gasteiger partial charge in [-0.25, -0.2) is 0 Å². The maximum atomic E-state index is 6.32. The van der Waals surface area contributed by atoms with Crippen molar-refractivity contribution < 1.29 is 4.74 Å². The lowest BCUT2D eigenvalue weighted by molar-refractivity contribution is -0.0113. The molecule has 4 heteroatoms. The van der Waals surface area contributed by atoms with Crippen LogP contribution in [-0.2, 0) is 4.74 Å². The van der Waals surface area contributed by atoms with Gasteiger partial charge in [-0.15, -0.1) is 0 Å². The highest BCUT2D eigenvalue weighted by molar-refractivity contribution is 5.19. The van der Waals surface area contributed by atoms with Crippen molar-refractivity contribution in [2.24, 2.45) is 5.73 Å². The third kappa shape index (κ3) is 4.57. The second-order valence-corrected chi connectivity index (χ2v) is 7.77. The topological polar surface area (TPSA) is 41.7 Å². The Balaban J connectivity index is 1.44. The minimum atomic E-state index is 0.255. The fraction of sp³-hybridized carbons (Fsp3) is 0.700. The summed E-state index contributed by atoms with van der Waals surface area (Å²) in [5.41, 5.74) is 7.81. The van der Waals surface area contributed by atoms with Crippen LogP contribution in [0.1, 0.15) is 43.6 Å². The normalized spacial score (nSPS) is 31.7. The molecule has 2 fully saturated rings. The minimum Gasteiger partial charge on any atom is -0.377 e. The molecule has 1 aromatic rings. The first-order chi connectivity index (χ1) is 11.6. The number of benzene rings is 1. The zero-order chi connectivity index (χ0) is 16.9. The molecule has 2 atom stereocenters. The Labute approximate surface area is 147 Å². The van der Waals surface area contributed by atoms with Crippen LogP contribution < -0.4 is 5.73 Å². The predicted molar refractivity (Wildman–Crippen MR) is 99.0 cm³/mol. The van der Waals surface area contributed by atoms with Gasteiger partial charge in [0.15, 0.2) is 0 Å². The van der Waals surface area contributed by atoms with Gasteiger partial charge in [-0.05, 0) is 57.7 Å². The van der Waals surface area contributed by atoms with Crippen molar-refractivity contribution in [3.05, 3.63) is 35.9 Å². The van der Waals surface area contributed by atoms with Crippen LogP contribution in [0.2, 0.25) is 0 Å². The van der Waals surface area contributed by atoms with Crippen molar-refractivity contribution >= 4 is 0 Å². The van der Waals surface area contributed by atoms with Gasteiger partial charge in [-0.1, -0.05) is 30.3 Å². The summed E-state index contributed by atoms with van der Waals surface area (Å²) >= 11 is 0. The van der Waals surface area contributed by atoms with Crippen LogP contribution >= 0.6 is 0 Å². The average Bonchev–Trinajstić information content (AvgIpc) is 2.93. The lowest BCUT2D eigenvalue weighted by Crippen LogP contribution is -2.46. The molecule has 24 heavy (non-hydrogen) atoms. The summed E-state index contributed by atoms with van der Waals surface area (Å²) in [7, 11) is 4.24. The minimum absolute atomic E-state index is 0.255. The average molecular weight is 332 g/mol. The van der Waals surface area contributed by atoms with Gasteiger partial charge in [-0.3, -0.25) is 9.80 Å². The third-order valence-electron chi connectivity index (χ3n) is 5.63. The number of hydrogen-bond acceptors (Lipinski definition) is 4. The predicted octanol–water partition coefficient (Wildman–Crippen LogP) is 2.65. The van der Waals surface area contributed by atoms with Gasteiger partial charge in [0.2, 0.25) is 0 Å². The van der Waals surface area contributed by atoms with Gasteiger partial charge < -0.3 is 10.5 Å². The number of hydrogen-bond donors (Lipinski definition) is 1. The van der Waals surface area contributed by atoms with E-state index in [9.17, 15) is 0 Å². The van der Waals surface area contributed by atoms with Crippen molar-refractivity contribution in [2.75, 3.05) is 33.9 Å². The summed E-state index contributed by atoms with van der Waals surface area (Å²) < 4.78 is 6.29. The van der Waals surface area contributed by atoms with Crippen LogP contribution in [0.4, 0.5) is 0 Å². The lowest BCUT2D eigenvalue weighted by Gasteiger charge is -2.33. The molecule has 1 saturated carbocycles. The number of nitrogens with zero attached hydrogens (tertiary/aromatic N) is 2. The van der Waals surface area contributed by atoms with Crippen molar-refractivity contribution in [1.29, 1.82) is 0 Å². The Bertz CT molecular complexity index is 485. The van der Waals surface area contributed by atoms with Crippen molar-refractivity contribution in [3.8, 4) is 0 Å². The standard InChI is InChI=1S/C20H33N3O/c1-22(2)15-23-13-12-19(21)20(23)14-24-18-10-8-17(9-11-18)16-6-4-3-5-7-16/h3-7,17-20H,8-15,21H2,1-2H3/t17-,18+,19?,20?. The van der Waals surface area contributed by atoms with Crippen LogP contribution in [0.5, 0.6) is 0 Å². The second-order valence-electron chi connectivity index (χ2n) is 7.77. The van der Waals surface area contributed by atoms with Crippen LogP contribution in [0.15, 0.2) is 30.3 Å². The fourth-order valence-electron chi connectivity index (χ4n) is 4.23. The summed E-state index contributed by atoms with van der Waals surface area (Å²) in [6.45, 7) is 2.85. The van der Waals surface area contributed by atoms with Crippen molar-refractivity contribution in [3.63, 3.8) is 0 Å². The molecule has 1 heterocycles. The summed E-state index contributed by atoms with van der Waals surface area (Å²) in [6, 6.07) is 11.6. The summed E-state index contributed by atoms with van der Waals surface area (Å²) in [6.07, 6.45) is 6.34. The zero-order valence-corrected chi connectivity index (χ0v) is 15.2. The highest BCUT2D eigenvalue weighted by atomic mass is 16.5. The smallest absolute Gasteiger partial charge is 0.0641 e. The van der Waals surface area contributed by atoms with Crippen molar-refractivity contribution in [1.82, 2.24) is 9.80 Å². The highest BCUT2D eigenvalue weighted by Gasteiger charge is 2.33. The van der Waals surface area contributed by atoms with Crippen LogP contribution in [0.3, 0.4) is 0 Å². The molecule has 0 amide bonds. The number of rotatable bonds is 6. The Morgan fingerprint density at radius 1 is 1.08 bits per heavy atom. The fourth-order valence-corrected chi connectivity index (χ4v) is 4.23. The quantitative estimate of drug-likeness (QED) is 0.870. The Morgan fingerprint density at radius 3 is 2.46 bits per heavy atom. The van der Waals surface area contributed by atoms with E-state index in [4.69, 9.17) is 10.5 Å². The molecule has 2 unspecified atom stereocenters. The highest BCUT2D eigenvalue weighted by Crippen LogP contribution is 2.34. The maximum absolute atomic E-state index is 6.32. The van der Waals surface area contributed by atoms with Gasteiger partial charge in [0.05, 0.1) is 19.4 Å². The molecule has 1 aliphatic heterocycles. The van der Waals surface area contributed by atoms with E-state index in [-0.39, 0.29) is 6.04 Å². The molecule has 134 valence electrons. The van der Waals surface area contributed by atoms with Crippen LogP contribution in [0, 0.1) is 0 Å². The van der Waals surface area contributed by atoms with E-state index in [2.05, 4.69) is 54.2 Å². The molecule has 0 radical (unpaired) electrons. The molecule has 0 aromatic heterocycles. The zero-order valence-electron chi connectivity index (χ0n) is 15.2. The monoisotopic (exact) mass is 331 g/mol. The van der Waals surface area contributed by atoms with Crippen molar-refractivity contribution in [2.45, 2.75) is 56.2 Å². The third-order valence-corrected chi connectivity index (χ3v) is 5.63. The SMILES string of the molecule is CN(C)CN1CCC(N)C1CO[C@H]1CC[C@@H](c2ccccc2)CC1. The number of likely N-dealkylation sites (tertiary alicyclic amines) is 1. The first-order valence-electron chi connectivity index (χ1n) is 9.44. The summed E-state index contributed by atoms with van der Waals surface area (Å²) in [5, 5.41) is 0. The summed E-state index contributed by atoms with van der Waals surface area (Å²) in [5.74, 6) is 0.713. The number of ether oxygens (including phenoxy) is 1. The van der Waals surface area contributed by atoms with E-state index < -0.39 is 0 Å². The largest absolute Gasteiger partial charge is 0.377 e. The molecule has 3 rings (SSSR count). The molecular formula is C20H33N3O. The van der Waals surface area contributed by atoms with E-state index >= 15 is 0 Å². The molecule has 2 aliphatic rings. The maximum Gasteiger partial charge on any atom is 0.0641 e. The number of nitrogens with two attached hydrogens (primary N) is 1. The first kappa shape index (κ1) is 17.9. The Hall–Kier alpha value is -0.940. The molecule has 2 N–H and O–H groups in total.